The molecule has 0 unspecified atom stereocenters. The maximum Gasteiger partial charge on any atom is 0.303 e. The molecule has 2 aromatic carbocycles. The zero-order valence-corrected chi connectivity index (χ0v) is 22.5. The number of thiazole rings is 1. The van der Waals surface area contributed by atoms with Gasteiger partial charge in [-0.1, -0.05) is 12.1 Å². The van der Waals surface area contributed by atoms with Crippen molar-refractivity contribution in [2.75, 3.05) is 25.6 Å². The number of nitrogens with zero attached hydrogens (tertiary/aromatic N) is 3. The van der Waals surface area contributed by atoms with Gasteiger partial charge < -0.3 is 19.9 Å². The fraction of sp³-hybridized carbons (Fsp3) is 0.370. The summed E-state index contributed by atoms with van der Waals surface area (Å²) in [5, 5.41) is 16.3. The molecule has 0 aliphatic carbocycles. The van der Waals surface area contributed by atoms with Gasteiger partial charge in [0.25, 0.3) is 0 Å². The molecule has 0 fully saturated rings. The van der Waals surface area contributed by atoms with E-state index < -0.39 is 28.9 Å². The number of aromatic nitrogens is 3. The molecule has 1 atom stereocenters. The number of hydrogen-bond donors (Lipinski definition) is 2. The molecule has 0 bridgehead atoms. The van der Waals surface area contributed by atoms with E-state index in [0.717, 1.165) is 30.5 Å². The first-order valence-electron chi connectivity index (χ1n) is 11.9. The Hall–Kier alpha value is -3.28. The Labute approximate surface area is 222 Å². The molecule has 0 spiro atoms. The van der Waals surface area contributed by atoms with Crippen LogP contribution in [0, 0.1) is 12.7 Å². The van der Waals surface area contributed by atoms with E-state index >= 15 is 4.39 Å². The van der Waals surface area contributed by atoms with Crippen molar-refractivity contribution in [2.45, 2.75) is 45.3 Å². The molecule has 0 aliphatic heterocycles. The van der Waals surface area contributed by atoms with Crippen molar-refractivity contribution in [1.29, 1.82) is 0 Å². The molecule has 0 radical (unpaired) electrons. The zero-order chi connectivity index (χ0) is 27.7. The quantitative estimate of drug-likeness (QED) is 0.227. The van der Waals surface area contributed by atoms with Crippen molar-refractivity contribution >= 4 is 28.1 Å². The minimum Gasteiger partial charge on any atom is -0.490 e. The summed E-state index contributed by atoms with van der Waals surface area (Å²) in [4.78, 5) is 13.5. The van der Waals surface area contributed by atoms with Gasteiger partial charge in [0.15, 0.2) is 0 Å². The number of methoxy groups -OCH3 is 1. The van der Waals surface area contributed by atoms with Gasteiger partial charge >= 0.3 is 5.92 Å². The zero-order valence-electron chi connectivity index (χ0n) is 21.7. The van der Waals surface area contributed by atoms with Crippen molar-refractivity contribution in [3.05, 3.63) is 64.7 Å². The Morgan fingerprint density at radius 1 is 1.16 bits per heavy atom. The monoisotopic (exact) mass is 546 g/mol. The summed E-state index contributed by atoms with van der Waals surface area (Å²) in [6.07, 6.45) is 1.70. The van der Waals surface area contributed by atoms with Crippen molar-refractivity contribution in [1.82, 2.24) is 15.0 Å². The molecule has 0 saturated carbocycles. The molecular formula is C27H29F3N4O3S. The average molecular weight is 547 g/mol. The second kappa shape index (κ2) is 10.8. The molecule has 4 aromatic rings. The minimum atomic E-state index is -3.80. The molecule has 4 rings (SSSR count). The van der Waals surface area contributed by atoms with Gasteiger partial charge in [0.2, 0.25) is 0 Å². The summed E-state index contributed by atoms with van der Waals surface area (Å²) < 4.78 is 56.1. The maximum absolute atomic E-state index is 15.4. The number of alkyl halides is 2. The lowest BCUT2D eigenvalue weighted by atomic mass is 9.91. The molecule has 0 saturated heterocycles. The fourth-order valence-electron chi connectivity index (χ4n) is 4.00. The first-order chi connectivity index (χ1) is 17.9. The summed E-state index contributed by atoms with van der Waals surface area (Å²) in [6.45, 7) is 5.96. The van der Waals surface area contributed by atoms with Gasteiger partial charge in [-0.15, -0.1) is 11.3 Å². The van der Waals surface area contributed by atoms with Gasteiger partial charge in [-0.2, -0.15) is 8.78 Å². The maximum atomic E-state index is 15.4. The van der Waals surface area contributed by atoms with E-state index in [1.54, 1.807) is 33.2 Å². The molecule has 38 heavy (non-hydrogen) atoms. The van der Waals surface area contributed by atoms with Crippen LogP contribution in [0.25, 0.3) is 21.5 Å². The second-order valence-corrected chi connectivity index (χ2v) is 10.3. The van der Waals surface area contributed by atoms with Gasteiger partial charge in [-0.3, -0.25) is 0 Å². The highest BCUT2D eigenvalue weighted by Crippen LogP contribution is 2.42. The lowest BCUT2D eigenvalue weighted by Crippen LogP contribution is -2.41. The Bertz CT molecular complexity index is 1430. The van der Waals surface area contributed by atoms with Gasteiger partial charge in [0, 0.05) is 29.6 Å². The number of hydrogen-bond acceptors (Lipinski definition) is 8. The molecule has 0 amide bonds. The molecule has 2 aromatic heterocycles. The Balaban J connectivity index is 1.77. The van der Waals surface area contributed by atoms with Crippen LogP contribution in [-0.2, 0) is 10.7 Å². The van der Waals surface area contributed by atoms with Crippen LogP contribution in [0.4, 0.5) is 19.0 Å². The van der Waals surface area contributed by atoms with Crippen LogP contribution in [0.5, 0.6) is 5.75 Å². The van der Waals surface area contributed by atoms with Crippen LogP contribution in [0.1, 0.15) is 43.8 Å². The highest BCUT2D eigenvalue weighted by Gasteiger charge is 2.49. The first kappa shape index (κ1) is 27.7. The topological polar surface area (TPSA) is 89.4 Å². The van der Waals surface area contributed by atoms with Crippen molar-refractivity contribution < 1.29 is 27.8 Å². The van der Waals surface area contributed by atoms with Gasteiger partial charge in [-0.05, 0) is 45.9 Å². The van der Waals surface area contributed by atoms with Crippen LogP contribution < -0.4 is 10.1 Å². The van der Waals surface area contributed by atoms with Crippen LogP contribution in [-0.4, -0.2) is 46.0 Å². The van der Waals surface area contributed by atoms with Gasteiger partial charge in [-0.25, -0.2) is 19.3 Å². The molecule has 2 N–H and O–H groups in total. The van der Waals surface area contributed by atoms with E-state index in [9.17, 15) is 13.9 Å². The molecule has 0 aliphatic rings. The molecular weight excluding hydrogens is 517 g/mol. The third-order valence-corrected chi connectivity index (χ3v) is 6.88. The minimum absolute atomic E-state index is 0.00631. The lowest BCUT2D eigenvalue weighted by molar-refractivity contribution is -0.170. The van der Waals surface area contributed by atoms with E-state index in [0.29, 0.717) is 41.5 Å². The van der Waals surface area contributed by atoms with Gasteiger partial charge in [0.1, 0.15) is 40.4 Å². The average Bonchev–Trinajstić information content (AvgIpc) is 3.38. The summed E-state index contributed by atoms with van der Waals surface area (Å²) in [6, 6.07) is 6.64. The number of nitrogens with one attached hydrogen (secondary N) is 1. The summed E-state index contributed by atoms with van der Waals surface area (Å²) in [5.41, 5.74) is -1.95. The van der Waals surface area contributed by atoms with Crippen molar-refractivity contribution in [3.8, 4) is 16.3 Å². The van der Waals surface area contributed by atoms with E-state index in [4.69, 9.17) is 9.47 Å². The number of halogens is 3. The molecule has 202 valence electrons. The SMILES string of the molecule is COCCOc1cc2c(N[C@H](C)c3cccc(C(F)(F)C(C)(C)O)c3F)nc(C)nc2cc1-c1nccs1. The summed E-state index contributed by atoms with van der Waals surface area (Å²) >= 11 is 1.46. The summed E-state index contributed by atoms with van der Waals surface area (Å²) in [5.74, 6) is -3.49. The van der Waals surface area contributed by atoms with E-state index in [1.165, 1.54) is 23.5 Å². The number of benzene rings is 2. The fourth-order valence-corrected chi connectivity index (χ4v) is 4.66. The number of aliphatic hydroxyl groups is 1. The van der Waals surface area contributed by atoms with Crippen LogP contribution in [0.2, 0.25) is 0 Å². The van der Waals surface area contributed by atoms with Crippen LogP contribution in [0.15, 0.2) is 41.9 Å². The molecule has 2 heterocycles. The van der Waals surface area contributed by atoms with Crippen LogP contribution in [0.3, 0.4) is 0 Å². The largest absolute Gasteiger partial charge is 0.490 e. The predicted molar refractivity (Wildman–Crippen MR) is 141 cm³/mol. The normalized spacial score (nSPS) is 13.1. The van der Waals surface area contributed by atoms with E-state index in [1.807, 2.05) is 11.4 Å². The van der Waals surface area contributed by atoms with Crippen molar-refractivity contribution in [2.24, 2.45) is 0 Å². The lowest BCUT2D eigenvalue weighted by Gasteiger charge is -2.30. The number of aryl methyl sites for hydroxylation is 1. The molecule has 11 heteroatoms. The standard InChI is InChI=1S/C27H29F3N4O3S/c1-15(17-7-6-8-20(23(17)28)27(29,30)26(3,4)35)32-24-18-14-22(37-11-10-36-5)19(25-31-9-12-38-25)13-21(18)33-16(2)34-24/h6-9,12-15,35H,10-11H2,1-5H3,(H,32,33,34)/t15-/m1/s1. The predicted octanol–water partition coefficient (Wildman–Crippen LogP) is 6.26. The van der Waals surface area contributed by atoms with Gasteiger partial charge in [0.05, 0.1) is 29.3 Å². The third-order valence-electron chi connectivity index (χ3n) is 6.07. The Kier molecular flexibility index (Phi) is 7.91. The molecule has 7 nitrogen and oxygen atoms in total. The number of ether oxygens (including phenoxy) is 2. The smallest absolute Gasteiger partial charge is 0.303 e. The summed E-state index contributed by atoms with van der Waals surface area (Å²) in [7, 11) is 1.58. The third kappa shape index (κ3) is 5.45. The number of fused-ring (bicyclic) bond motifs is 1. The Morgan fingerprint density at radius 2 is 1.92 bits per heavy atom. The number of anilines is 1. The van der Waals surface area contributed by atoms with Crippen molar-refractivity contribution in [3.63, 3.8) is 0 Å². The first-order valence-corrected chi connectivity index (χ1v) is 12.8. The second-order valence-electron chi connectivity index (χ2n) is 9.37. The van der Waals surface area contributed by atoms with E-state index in [2.05, 4.69) is 20.3 Å². The highest BCUT2D eigenvalue weighted by atomic mass is 32.1. The number of rotatable bonds is 10. The Morgan fingerprint density at radius 3 is 2.58 bits per heavy atom. The van der Waals surface area contributed by atoms with Crippen LogP contribution >= 0.6 is 11.3 Å². The highest BCUT2D eigenvalue weighted by molar-refractivity contribution is 7.13. The van der Waals surface area contributed by atoms with E-state index in [-0.39, 0.29) is 5.56 Å².